The van der Waals surface area contributed by atoms with E-state index in [1.54, 1.807) is 27.7 Å². The fraction of sp³-hybridized carbons (Fsp3) is 0.692. The summed E-state index contributed by atoms with van der Waals surface area (Å²) in [4.78, 5) is 45.1. The summed E-state index contributed by atoms with van der Waals surface area (Å²) >= 11 is 0. The molecule has 9 nitrogen and oxygen atoms in total. The Morgan fingerprint density at radius 3 is 1.91 bits per heavy atom. The van der Waals surface area contributed by atoms with Gasteiger partial charge in [-0.1, -0.05) is 13.8 Å². The first-order valence-electron chi connectivity index (χ1n) is 6.76. The van der Waals surface area contributed by atoms with Crippen molar-refractivity contribution in [3.05, 3.63) is 0 Å². The van der Waals surface area contributed by atoms with Crippen LogP contribution < -0.4 is 10.6 Å². The van der Waals surface area contributed by atoms with Gasteiger partial charge in [-0.05, 0) is 19.8 Å². The van der Waals surface area contributed by atoms with E-state index in [-0.39, 0.29) is 12.0 Å². The monoisotopic (exact) mass is 318 g/mol. The molecule has 9 heteroatoms. The molecule has 0 bridgehead atoms. The standard InChI is InChI=1S/C13H22N2O7/c1-6(2)10(15-13(21)22-7(3)4)11(18)14-8(12(19)20)5-9(16)17/h6-8,10H,5H2,1-4H3,(H,14,18)(H,15,21)(H,16,17)(H,19,20)/t8-,10-/m0/s1. The highest BCUT2D eigenvalue weighted by atomic mass is 16.6. The van der Waals surface area contributed by atoms with E-state index in [0.29, 0.717) is 0 Å². The van der Waals surface area contributed by atoms with E-state index in [4.69, 9.17) is 14.9 Å². The summed E-state index contributed by atoms with van der Waals surface area (Å²) in [5.74, 6) is -3.97. The molecule has 0 heterocycles. The van der Waals surface area contributed by atoms with Crippen LogP contribution in [0.5, 0.6) is 0 Å². The molecule has 0 radical (unpaired) electrons. The van der Waals surface area contributed by atoms with Crippen LogP contribution in [0.15, 0.2) is 0 Å². The summed E-state index contributed by atoms with van der Waals surface area (Å²) in [6.07, 6.45) is -1.95. The molecule has 0 aliphatic heterocycles. The lowest BCUT2D eigenvalue weighted by Crippen LogP contribution is -2.54. The van der Waals surface area contributed by atoms with E-state index in [2.05, 4.69) is 10.6 Å². The summed E-state index contributed by atoms with van der Waals surface area (Å²) in [6.45, 7) is 6.56. The van der Waals surface area contributed by atoms with Crippen LogP contribution in [0, 0.1) is 5.92 Å². The number of rotatable bonds is 8. The smallest absolute Gasteiger partial charge is 0.408 e. The van der Waals surface area contributed by atoms with Gasteiger partial charge < -0.3 is 25.6 Å². The quantitative estimate of drug-likeness (QED) is 0.500. The molecule has 0 spiro atoms. The Hall–Kier alpha value is -2.32. The van der Waals surface area contributed by atoms with Crippen molar-refractivity contribution in [1.82, 2.24) is 10.6 Å². The fourth-order valence-corrected chi connectivity index (χ4v) is 1.55. The maximum absolute atomic E-state index is 12.1. The minimum Gasteiger partial charge on any atom is -0.481 e. The Morgan fingerprint density at radius 2 is 1.55 bits per heavy atom. The van der Waals surface area contributed by atoms with Crippen LogP contribution in [0.3, 0.4) is 0 Å². The molecule has 0 aliphatic rings. The van der Waals surface area contributed by atoms with Crippen molar-refractivity contribution >= 4 is 23.9 Å². The molecule has 0 fully saturated rings. The average Bonchev–Trinajstić information content (AvgIpc) is 2.32. The van der Waals surface area contributed by atoms with E-state index in [9.17, 15) is 19.2 Å². The lowest BCUT2D eigenvalue weighted by molar-refractivity contribution is -0.147. The van der Waals surface area contributed by atoms with Crippen LogP contribution in [0.25, 0.3) is 0 Å². The van der Waals surface area contributed by atoms with Crippen LogP contribution in [-0.2, 0) is 19.1 Å². The van der Waals surface area contributed by atoms with Crippen LogP contribution in [0.4, 0.5) is 4.79 Å². The number of hydrogen-bond acceptors (Lipinski definition) is 5. The minimum absolute atomic E-state index is 0.348. The Labute approximate surface area is 128 Å². The van der Waals surface area contributed by atoms with E-state index in [1.807, 2.05) is 0 Å². The third-order valence-corrected chi connectivity index (χ3v) is 2.56. The van der Waals surface area contributed by atoms with Gasteiger partial charge in [-0.2, -0.15) is 0 Å². The Kier molecular flexibility index (Phi) is 7.92. The highest BCUT2D eigenvalue weighted by Gasteiger charge is 2.30. The Bertz CT molecular complexity index is 434. The first-order chi connectivity index (χ1) is 10.0. The third-order valence-electron chi connectivity index (χ3n) is 2.56. The van der Waals surface area contributed by atoms with Gasteiger partial charge in [0.15, 0.2) is 0 Å². The number of carbonyl (C=O) groups excluding carboxylic acids is 2. The molecular formula is C13H22N2O7. The van der Waals surface area contributed by atoms with Crippen LogP contribution in [0.1, 0.15) is 34.1 Å². The van der Waals surface area contributed by atoms with Gasteiger partial charge in [0.1, 0.15) is 12.1 Å². The summed E-state index contributed by atoms with van der Waals surface area (Å²) in [6, 6.07) is -2.61. The van der Waals surface area contributed by atoms with Gasteiger partial charge in [-0.25, -0.2) is 9.59 Å². The van der Waals surface area contributed by atoms with E-state index >= 15 is 0 Å². The maximum atomic E-state index is 12.1. The number of carbonyl (C=O) groups is 4. The highest BCUT2D eigenvalue weighted by Crippen LogP contribution is 2.05. The van der Waals surface area contributed by atoms with Gasteiger partial charge in [0.25, 0.3) is 0 Å². The van der Waals surface area contributed by atoms with Crippen molar-refractivity contribution in [2.24, 2.45) is 5.92 Å². The van der Waals surface area contributed by atoms with Crippen LogP contribution in [0.2, 0.25) is 0 Å². The maximum Gasteiger partial charge on any atom is 0.408 e. The molecule has 2 atom stereocenters. The van der Waals surface area contributed by atoms with Gasteiger partial charge >= 0.3 is 18.0 Å². The largest absolute Gasteiger partial charge is 0.481 e. The molecule has 0 aliphatic carbocycles. The zero-order chi connectivity index (χ0) is 17.4. The molecule has 4 N–H and O–H groups in total. The van der Waals surface area contributed by atoms with Crippen molar-refractivity contribution in [3.63, 3.8) is 0 Å². The van der Waals surface area contributed by atoms with E-state index in [1.165, 1.54) is 0 Å². The number of aliphatic carboxylic acids is 2. The lowest BCUT2D eigenvalue weighted by atomic mass is 10.0. The number of carboxylic acids is 2. The Balaban J connectivity index is 4.87. The van der Waals surface area contributed by atoms with Crippen molar-refractivity contribution in [1.29, 1.82) is 0 Å². The zero-order valence-corrected chi connectivity index (χ0v) is 13.0. The van der Waals surface area contributed by atoms with E-state index < -0.39 is 42.4 Å². The molecule has 126 valence electrons. The average molecular weight is 318 g/mol. The summed E-state index contributed by atoms with van der Waals surface area (Å²) in [5, 5.41) is 22.0. The molecule has 0 aromatic carbocycles. The summed E-state index contributed by atoms with van der Waals surface area (Å²) in [7, 11) is 0. The fourth-order valence-electron chi connectivity index (χ4n) is 1.55. The van der Waals surface area contributed by atoms with Gasteiger partial charge in [-0.3, -0.25) is 9.59 Å². The second-order valence-electron chi connectivity index (χ2n) is 5.32. The number of amides is 2. The second kappa shape index (κ2) is 8.85. The SMILES string of the molecule is CC(C)OC(=O)N[C@H](C(=O)N[C@@H](CC(=O)O)C(=O)O)C(C)C. The van der Waals surface area contributed by atoms with Crippen molar-refractivity contribution < 1.29 is 34.1 Å². The van der Waals surface area contributed by atoms with Gasteiger partial charge in [0.2, 0.25) is 5.91 Å². The predicted molar refractivity (Wildman–Crippen MR) is 75.2 cm³/mol. The molecule has 0 aromatic rings. The summed E-state index contributed by atoms with van der Waals surface area (Å²) in [5.41, 5.74) is 0. The molecular weight excluding hydrogens is 296 g/mol. The highest BCUT2D eigenvalue weighted by molar-refractivity contribution is 5.91. The molecule has 0 aromatic heterocycles. The first kappa shape index (κ1) is 19.7. The van der Waals surface area contributed by atoms with Crippen molar-refractivity contribution in [2.75, 3.05) is 0 Å². The Morgan fingerprint density at radius 1 is 1.00 bits per heavy atom. The molecule has 0 rings (SSSR count). The number of alkyl carbamates (subject to hydrolysis) is 1. The molecule has 0 saturated carbocycles. The molecule has 2 amide bonds. The zero-order valence-electron chi connectivity index (χ0n) is 13.0. The topological polar surface area (TPSA) is 142 Å². The van der Waals surface area contributed by atoms with E-state index in [0.717, 1.165) is 0 Å². The van der Waals surface area contributed by atoms with Gasteiger partial charge in [0.05, 0.1) is 12.5 Å². The minimum atomic E-state index is -1.57. The lowest BCUT2D eigenvalue weighted by Gasteiger charge is -2.23. The van der Waals surface area contributed by atoms with Crippen LogP contribution in [-0.4, -0.2) is 52.3 Å². The normalized spacial score (nSPS) is 13.4. The third kappa shape index (κ3) is 7.46. The van der Waals surface area contributed by atoms with Crippen molar-refractivity contribution in [3.8, 4) is 0 Å². The number of nitrogens with one attached hydrogen (secondary N) is 2. The van der Waals surface area contributed by atoms with Crippen LogP contribution >= 0.6 is 0 Å². The van der Waals surface area contributed by atoms with Gasteiger partial charge in [-0.15, -0.1) is 0 Å². The number of ether oxygens (including phenoxy) is 1. The van der Waals surface area contributed by atoms with Gasteiger partial charge in [0, 0.05) is 0 Å². The predicted octanol–water partition coefficient (Wildman–Crippen LogP) is 0.190. The summed E-state index contributed by atoms with van der Waals surface area (Å²) < 4.78 is 4.86. The van der Waals surface area contributed by atoms with Crippen molar-refractivity contribution in [2.45, 2.75) is 52.3 Å². The second-order valence-corrected chi connectivity index (χ2v) is 5.32. The molecule has 0 saturated heterocycles. The first-order valence-corrected chi connectivity index (χ1v) is 6.76. The number of hydrogen-bond donors (Lipinski definition) is 4. The molecule has 0 unspecified atom stereocenters. The number of carboxylic acid groups (broad SMARTS) is 2. The molecule has 22 heavy (non-hydrogen) atoms.